The Hall–Kier alpha value is -1.33. The van der Waals surface area contributed by atoms with E-state index in [0.29, 0.717) is 0 Å². The van der Waals surface area contributed by atoms with Gasteiger partial charge in [0.2, 0.25) is 0 Å². The predicted octanol–water partition coefficient (Wildman–Crippen LogP) is 2.79. The highest BCUT2D eigenvalue weighted by atomic mass is 15.2. The normalized spacial score (nSPS) is 16.8. The van der Waals surface area contributed by atoms with Gasteiger partial charge in [0.1, 0.15) is 0 Å². The van der Waals surface area contributed by atoms with E-state index in [2.05, 4.69) is 30.0 Å². The van der Waals surface area contributed by atoms with Gasteiger partial charge in [-0.15, -0.1) is 0 Å². The lowest BCUT2D eigenvalue weighted by Crippen LogP contribution is -2.45. The van der Waals surface area contributed by atoms with Crippen molar-refractivity contribution in [2.75, 3.05) is 13.1 Å². The molecule has 1 saturated heterocycles. The van der Waals surface area contributed by atoms with Crippen molar-refractivity contribution in [2.45, 2.75) is 26.3 Å². The zero-order valence-electron chi connectivity index (χ0n) is 9.82. The van der Waals surface area contributed by atoms with Crippen molar-refractivity contribution in [3.05, 3.63) is 35.4 Å². The van der Waals surface area contributed by atoms with Gasteiger partial charge in [0, 0.05) is 19.6 Å². The molecule has 0 aliphatic carbocycles. The van der Waals surface area contributed by atoms with Crippen LogP contribution in [0.3, 0.4) is 0 Å². The molecule has 1 aromatic rings. The van der Waals surface area contributed by atoms with E-state index in [0.717, 1.165) is 18.0 Å². The fourth-order valence-corrected chi connectivity index (χ4v) is 2.34. The van der Waals surface area contributed by atoms with Gasteiger partial charge in [0.15, 0.2) is 0 Å². The Morgan fingerprint density at radius 3 is 2.56 bits per heavy atom. The summed E-state index contributed by atoms with van der Waals surface area (Å²) in [4.78, 5) is 2.47. The summed E-state index contributed by atoms with van der Waals surface area (Å²) in [5, 5.41) is 8.70. The predicted molar refractivity (Wildman–Crippen MR) is 64.8 cm³/mol. The third-order valence-corrected chi connectivity index (χ3v) is 3.22. The van der Waals surface area contributed by atoms with E-state index in [-0.39, 0.29) is 0 Å². The molecular formula is C14H18N2. The zero-order valence-corrected chi connectivity index (χ0v) is 9.82. The monoisotopic (exact) mass is 214 g/mol. The molecule has 0 aromatic heterocycles. The standard InChI is InChI=1S/C14H18N2/c1-2-3-14-10-16(11-14)9-13-6-4-12(8-15)5-7-13/h4-7,14H,2-3,9-11H2,1H3. The summed E-state index contributed by atoms with van der Waals surface area (Å²) in [6, 6.07) is 10.1. The Kier molecular flexibility index (Phi) is 3.58. The van der Waals surface area contributed by atoms with Gasteiger partial charge in [-0.2, -0.15) is 5.26 Å². The topological polar surface area (TPSA) is 27.0 Å². The molecule has 84 valence electrons. The number of rotatable bonds is 4. The molecule has 1 aliphatic rings. The third-order valence-electron chi connectivity index (χ3n) is 3.22. The van der Waals surface area contributed by atoms with E-state index in [1.165, 1.54) is 31.5 Å². The molecule has 0 N–H and O–H groups in total. The Bertz CT molecular complexity index is 369. The lowest BCUT2D eigenvalue weighted by atomic mass is 9.94. The average Bonchev–Trinajstić information content (AvgIpc) is 2.27. The molecule has 0 spiro atoms. The van der Waals surface area contributed by atoms with Gasteiger partial charge in [-0.1, -0.05) is 25.5 Å². The first-order valence-corrected chi connectivity index (χ1v) is 6.03. The van der Waals surface area contributed by atoms with Gasteiger partial charge in [-0.05, 0) is 30.0 Å². The van der Waals surface area contributed by atoms with Crippen molar-refractivity contribution in [1.29, 1.82) is 5.26 Å². The molecule has 2 rings (SSSR count). The summed E-state index contributed by atoms with van der Waals surface area (Å²) < 4.78 is 0. The molecule has 1 fully saturated rings. The van der Waals surface area contributed by atoms with E-state index >= 15 is 0 Å². The number of nitriles is 1. The molecule has 0 saturated carbocycles. The Morgan fingerprint density at radius 2 is 2.00 bits per heavy atom. The van der Waals surface area contributed by atoms with Crippen LogP contribution in [0.25, 0.3) is 0 Å². The first-order chi connectivity index (χ1) is 7.81. The minimum absolute atomic E-state index is 0.746. The summed E-state index contributed by atoms with van der Waals surface area (Å²) in [5.74, 6) is 0.920. The molecular weight excluding hydrogens is 196 g/mol. The Morgan fingerprint density at radius 1 is 1.31 bits per heavy atom. The molecule has 1 aromatic carbocycles. The maximum Gasteiger partial charge on any atom is 0.0991 e. The van der Waals surface area contributed by atoms with Gasteiger partial charge in [-0.3, -0.25) is 4.90 Å². The average molecular weight is 214 g/mol. The van der Waals surface area contributed by atoms with Crippen molar-refractivity contribution in [1.82, 2.24) is 4.90 Å². The number of nitrogens with zero attached hydrogens (tertiary/aromatic N) is 2. The van der Waals surface area contributed by atoms with Crippen molar-refractivity contribution in [3.63, 3.8) is 0 Å². The van der Waals surface area contributed by atoms with Gasteiger partial charge in [0.05, 0.1) is 11.6 Å². The van der Waals surface area contributed by atoms with E-state index < -0.39 is 0 Å². The maximum atomic E-state index is 8.70. The summed E-state index contributed by atoms with van der Waals surface area (Å²) in [6.07, 6.45) is 2.67. The second-order valence-corrected chi connectivity index (χ2v) is 4.66. The quantitative estimate of drug-likeness (QED) is 0.770. The molecule has 1 aliphatic heterocycles. The van der Waals surface area contributed by atoms with E-state index in [4.69, 9.17) is 5.26 Å². The fourth-order valence-electron chi connectivity index (χ4n) is 2.34. The summed E-state index contributed by atoms with van der Waals surface area (Å²) >= 11 is 0. The molecule has 1 heterocycles. The number of benzene rings is 1. The van der Waals surface area contributed by atoms with Gasteiger partial charge in [0.25, 0.3) is 0 Å². The highest BCUT2D eigenvalue weighted by Gasteiger charge is 2.25. The molecule has 0 atom stereocenters. The summed E-state index contributed by atoms with van der Waals surface area (Å²) in [7, 11) is 0. The van der Waals surface area contributed by atoms with Crippen molar-refractivity contribution >= 4 is 0 Å². The number of likely N-dealkylation sites (tertiary alicyclic amines) is 1. The van der Waals surface area contributed by atoms with Gasteiger partial charge < -0.3 is 0 Å². The van der Waals surface area contributed by atoms with Gasteiger partial charge >= 0.3 is 0 Å². The smallest absolute Gasteiger partial charge is 0.0991 e. The second kappa shape index (κ2) is 5.14. The Balaban J connectivity index is 1.80. The zero-order chi connectivity index (χ0) is 11.4. The van der Waals surface area contributed by atoms with Crippen molar-refractivity contribution < 1.29 is 0 Å². The number of hydrogen-bond acceptors (Lipinski definition) is 2. The molecule has 0 unspecified atom stereocenters. The van der Waals surface area contributed by atoms with Crippen molar-refractivity contribution in [3.8, 4) is 6.07 Å². The first kappa shape index (κ1) is 11.2. The summed E-state index contributed by atoms with van der Waals surface area (Å²) in [6.45, 7) is 5.77. The lowest BCUT2D eigenvalue weighted by molar-refractivity contribution is 0.0860. The molecule has 0 bridgehead atoms. The van der Waals surface area contributed by atoms with Gasteiger partial charge in [-0.25, -0.2) is 0 Å². The summed E-state index contributed by atoms with van der Waals surface area (Å²) in [5.41, 5.74) is 2.06. The highest BCUT2D eigenvalue weighted by molar-refractivity contribution is 5.31. The third kappa shape index (κ3) is 2.62. The lowest BCUT2D eigenvalue weighted by Gasteiger charge is -2.39. The molecule has 0 radical (unpaired) electrons. The van der Waals surface area contributed by atoms with Crippen LogP contribution in [0, 0.1) is 17.2 Å². The second-order valence-electron chi connectivity index (χ2n) is 4.66. The molecule has 16 heavy (non-hydrogen) atoms. The van der Waals surface area contributed by atoms with Crippen LogP contribution in [0.15, 0.2) is 24.3 Å². The van der Waals surface area contributed by atoms with Crippen LogP contribution in [0.1, 0.15) is 30.9 Å². The SMILES string of the molecule is CCCC1CN(Cc2ccc(C#N)cc2)C1. The van der Waals surface area contributed by atoms with Crippen molar-refractivity contribution in [2.24, 2.45) is 5.92 Å². The van der Waals surface area contributed by atoms with Crippen LogP contribution in [0.2, 0.25) is 0 Å². The van der Waals surface area contributed by atoms with Crippen LogP contribution in [0.4, 0.5) is 0 Å². The van der Waals surface area contributed by atoms with E-state index in [1.807, 2.05) is 12.1 Å². The van der Waals surface area contributed by atoms with Crippen LogP contribution in [-0.2, 0) is 6.54 Å². The molecule has 0 amide bonds. The first-order valence-electron chi connectivity index (χ1n) is 6.03. The fraction of sp³-hybridized carbons (Fsp3) is 0.500. The van der Waals surface area contributed by atoms with Crippen LogP contribution >= 0.6 is 0 Å². The Labute approximate surface area is 97.5 Å². The minimum atomic E-state index is 0.746. The largest absolute Gasteiger partial charge is 0.298 e. The maximum absolute atomic E-state index is 8.70. The van der Waals surface area contributed by atoms with Crippen LogP contribution < -0.4 is 0 Å². The number of hydrogen-bond donors (Lipinski definition) is 0. The minimum Gasteiger partial charge on any atom is -0.298 e. The highest BCUT2D eigenvalue weighted by Crippen LogP contribution is 2.22. The van der Waals surface area contributed by atoms with Crippen LogP contribution in [-0.4, -0.2) is 18.0 Å². The van der Waals surface area contributed by atoms with E-state index in [1.54, 1.807) is 0 Å². The molecule has 2 nitrogen and oxygen atoms in total. The van der Waals surface area contributed by atoms with Crippen LogP contribution in [0.5, 0.6) is 0 Å². The molecule has 2 heteroatoms. The van der Waals surface area contributed by atoms with E-state index in [9.17, 15) is 0 Å².